The van der Waals surface area contributed by atoms with Gasteiger partial charge in [-0.1, -0.05) is 6.92 Å². The van der Waals surface area contributed by atoms with Crippen LogP contribution in [-0.2, 0) is 14.3 Å². The molecular formula is C13H18N4O8S. The lowest BCUT2D eigenvalue weighted by Crippen LogP contribution is -2.30. The maximum atomic E-state index is 11.5. The fraction of sp³-hybridized carbons (Fsp3) is 0.462. The van der Waals surface area contributed by atoms with Crippen LogP contribution in [0.15, 0.2) is 12.1 Å². The lowest BCUT2D eigenvalue weighted by Gasteiger charge is -2.24. The molecule has 1 rings (SSSR count). The number of nitrogens with zero attached hydrogens (tertiary/aromatic N) is 3. The summed E-state index contributed by atoms with van der Waals surface area (Å²) in [5, 5.41) is 22.4. The Morgan fingerprint density at radius 1 is 1.19 bits per heavy atom. The molecule has 1 aromatic rings. The van der Waals surface area contributed by atoms with Gasteiger partial charge < -0.3 is 10.6 Å². The summed E-state index contributed by atoms with van der Waals surface area (Å²) in [4.78, 5) is 33.5. The van der Waals surface area contributed by atoms with E-state index >= 15 is 0 Å². The summed E-state index contributed by atoms with van der Waals surface area (Å²) < 4.78 is 26.7. The number of nitro groups is 2. The third-order valence-corrected chi connectivity index (χ3v) is 3.84. The van der Waals surface area contributed by atoms with Crippen molar-refractivity contribution in [3.8, 4) is 0 Å². The minimum atomic E-state index is -3.71. The summed E-state index contributed by atoms with van der Waals surface area (Å²) >= 11 is 0. The van der Waals surface area contributed by atoms with E-state index in [0.29, 0.717) is 12.5 Å². The first-order valence-corrected chi connectivity index (χ1v) is 9.15. The molecule has 144 valence electrons. The van der Waals surface area contributed by atoms with E-state index in [-0.39, 0.29) is 25.4 Å². The van der Waals surface area contributed by atoms with Gasteiger partial charge in [-0.05, 0) is 12.5 Å². The van der Waals surface area contributed by atoms with Crippen molar-refractivity contribution >= 4 is 33.1 Å². The minimum Gasteiger partial charge on any atom is -0.365 e. The van der Waals surface area contributed by atoms with Crippen LogP contribution >= 0.6 is 0 Å². The van der Waals surface area contributed by atoms with E-state index in [1.165, 1.54) is 4.90 Å². The van der Waals surface area contributed by atoms with Crippen LogP contribution in [0.5, 0.6) is 0 Å². The number of carbonyl (C=O) groups excluding carboxylic acids is 1. The summed E-state index contributed by atoms with van der Waals surface area (Å²) in [6, 6.07) is 1.63. The van der Waals surface area contributed by atoms with Gasteiger partial charge in [-0.15, -0.1) is 0 Å². The molecule has 0 spiro atoms. The Kier molecular flexibility index (Phi) is 6.97. The average Bonchev–Trinajstić information content (AvgIpc) is 2.51. The first-order valence-electron chi connectivity index (χ1n) is 7.34. The number of hydrogen-bond acceptors (Lipinski definition) is 9. The molecule has 13 heteroatoms. The zero-order valence-corrected chi connectivity index (χ0v) is 14.9. The molecule has 0 aromatic heterocycles. The number of benzene rings is 1. The Balaban J connectivity index is 3.43. The van der Waals surface area contributed by atoms with Crippen LogP contribution in [-0.4, -0.2) is 50.1 Å². The highest BCUT2D eigenvalue weighted by molar-refractivity contribution is 7.85. The highest BCUT2D eigenvalue weighted by Gasteiger charge is 2.29. The number of nitrogens with two attached hydrogens (primary N) is 1. The van der Waals surface area contributed by atoms with E-state index < -0.39 is 42.8 Å². The van der Waals surface area contributed by atoms with Gasteiger partial charge in [0.05, 0.1) is 28.8 Å². The van der Waals surface area contributed by atoms with Crippen LogP contribution in [0.4, 0.5) is 17.1 Å². The molecule has 1 amide bonds. The van der Waals surface area contributed by atoms with Gasteiger partial charge in [-0.2, -0.15) is 8.42 Å². The number of hydrogen-bond donors (Lipinski definition) is 1. The van der Waals surface area contributed by atoms with Gasteiger partial charge in [-0.3, -0.25) is 29.2 Å². The largest absolute Gasteiger partial charge is 0.365 e. The van der Waals surface area contributed by atoms with Gasteiger partial charge >= 0.3 is 0 Å². The second kappa shape index (κ2) is 8.53. The third-order valence-electron chi connectivity index (χ3n) is 3.24. The van der Waals surface area contributed by atoms with Crippen molar-refractivity contribution in [1.82, 2.24) is 0 Å². The monoisotopic (exact) mass is 390 g/mol. The number of primary amides is 1. The molecule has 0 bridgehead atoms. The van der Waals surface area contributed by atoms with Crippen LogP contribution in [0.2, 0.25) is 0 Å². The molecule has 0 atom stereocenters. The van der Waals surface area contributed by atoms with Crippen LogP contribution in [0.3, 0.4) is 0 Å². The van der Waals surface area contributed by atoms with Crippen LogP contribution in [0.25, 0.3) is 0 Å². The van der Waals surface area contributed by atoms with Gasteiger partial charge in [0.2, 0.25) is 0 Å². The van der Waals surface area contributed by atoms with Crippen molar-refractivity contribution in [3.63, 3.8) is 0 Å². The molecule has 0 unspecified atom stereocenters. The summed E-state index contributed by atoms with van der Waals surface area (Å²) in [6.45, 7) is 1.68. The highest BCUT2D eigenvalue weighted by Crippen LogP contribution is 2.35. The van der Waals surface area contributed by atoms with E-state index in [1.54, 1.807) is 6.92 Å². The van der Waals surface area contributed by atoms with E-state index in [2.05, 4.69) is 4.18 Å². The SMILES string of the molecule is CCCN(CCOS(C)(=O)=O)c1cc(C(N)=O)c([N+](=O)[O-])cc1[N+](=O)[O-]. The van der Waals surface area contributed by atoms with Crippen molar-refractivity contribution in [2.24, 2.45) is 5.73 Å². The predicted octanol–water partition coefficient (Wildman–Crippen LogP) is 0.794. The van der Waals surface area contributed by atoms with Crippen molar-refractivity contribution < 1.29 is 27.2 Å². The molecule has 0 saturated heterocycles. The van der Waals surface area contributed by atoms with Crippen LogP contribution < -0.4 is 10.6 Å². The van der Waals surface area contributed by atoms with Gasteiger partial charge in [0.15, 0.2) is 0 Å². The quantitative estimate of drug-likeness (QED) is 0.344. The molecule has 1 aromatic carbocycles. The molecule has 0 radical (unpaired) electrons. The Bertz CT molecular complexity index is 824. The molecule has 0 aliphatic carbocycles. The summed E-state index contributed by atoms with van der Waals surface area (Å²) in [7, 11) is -3.71. The Labute approximate surface area is 149 Å². The number of carbonyl (C=O) groups is 1. The second-order valence-corrected chi connectivity index (χ2v) is 6.89. The number of anilines is 1. The first kappa shape index (κ1) is 21.2. The highest BCUT2D eigenvalue weighted by atomic mass is 32.2. The second-order valence-electron chi connectivity index (χ2n) is 5.25. The van der Waals surface area contributed by atoms with Crippen LogP contribution in [0, 0.1) is 20.2 Å². The van der Waals surface area contributed by atoms with Crippen molar-refractivity contribution in [2.45, 2.75) is 13.3 Å². The summed E-state index contributed by atoms with van der Waals surface area (Å²) in [6.07, 6.45) is 1.38. The van der Waals surface area contributed by atoms with E-state index in [4.69, 9.17) is 5.73 Å². The zero-order chi connectivity index (χ0) is 20.1. The fourth-order valence-electron chi connectivity index (χ4n) is 2.24. The fourth-order valence-corrected chi connectivity index (χ4v) is 2.61. The molecule has 0 aliphatic rings. The Morgan fingerprint density at radius 3 is 2.19 bits per heavy atom. The molecule has 0 saturated carbocycles. The summed E-state index contributed by atoms with van der Waals surface area (Å²) in [5.74, 6) is -1.11. The zero-order valence-electron chi connectivity index (χ0n) is 14.1. The molecule has 2 N–H and O–H groups in total. The molecule has 12 nitrogen and oxygen atoms in total. The third kappa shape index (κ3) is 5.63. The van der Waals surface area contributed by atoms with Crippen molar-refractivity contribution in [2.75, 3.05) is 30.9 Å². The van der Waals surface area contributed by atoms with Crippen molar-refractivity contribution in [1.29, 1.82) is 0 Å². The lowest BCUT2D eigenvalue weighted by molar-refractivity contribution is -0.393. The van der Waals surface area contributed by atoms with Gasteiger partial charge in [-0.25, -0.2) is 0 Å². The Hall–Kier alpha value is -2.80. The Morgan fingerprint density at radius 2 is 1.77 bits per heavy atom. The molecule has 0 fully saturated rings. The summed E-state index contributed by atoms with van der Waals surface area (Å²) in [5.41, 5.74) is 3.19. The molecule has 0 aliphatic heterocycles. The number of amides is 1. The van der Waals surface area contributed by atoms with Gasteiger partial charge in [0.1, 0.15) is 11.3 Å². The standard InChI is InChI=1S/C13H18N4O8S/c1-3-4-15(5-6-25-26(2,23)24)11-7-9(13(14)18)10(16(19)20)8-12(11)17(21)22/h7-8H,3-6H2,1-2H3,(H2,14,18). The maximum Gasteiger partial charge on any atom is 0.299 e. The van der Waals surface area contributed by atoms with E-state index in [1.807, 2.05) is 0 Å². The predicted molar refractivity (Wildman–Crippen MR) is 91.6 cm³/mol. The average molecular weight is 390 g/mol. The maximum absolute atomic E-state index is 11.5. The van der Waals surface area contributed by atoms with E-state index in [0.717, 1.165) is 12.3 Å². The van der Waals surface area contributed by atoms with Gasteiger partial charge in [0, 0.05) is 13.1 Å². The molecular weight excluding hydrogens is 372 g/mol. The van der Waals surface area contributed by atoms with Crippen molar-refractivity contribution in [3.05, 3.63) is 37.9 Å². The normalized spacial score (nSPS) is 11.2. The molecule has 0 heterocycles. The van der Waals surface area contributed by atoms with Crippen LogP contribution in [0.1, 0.15) is 23.7 Å². The minimum absolute atomic E-state index is 0.0578. The molecule has 26 heavy (non-hydrogen) atoms. The number of nitro benzene ring substituents is 2. The van der Waals surface area contributed by atoms with Gasteiger partial charge in [0.25, 0.3) is 27.4 Å². The first-order chi connectivity index (χ1) is 12.0. The lowest BCUT2D eigenvalue weighted by atomic mass is 10.1. The topological polar surface area (TPSA) is 176 Å². The number of rotatable bonds is 10. The smallest absolute Gasteiger partial charge is 0.299 e. The van der Waals surface area contributed by atoms with E-state index in [9.17, 15) is 33.4 Å².